The first-order chi connectivity index (χ1) is 8.70. The molecule has 0 radical (unpaired) electrons. The molecule has 0 unspecified atom stereocenters. The maximum absolute atomic E-state index is 11.8. The predicted octanol–water partition coefficient (Wildman–Crippen LogP) is 2.64. The van der Waals surface area contributed by atoms with E-state index >= 15 is 0 Å². The van der Waals surface area contributed by atoms with E-state index in [1.54, 1.807) is 18.0 Å². The first kappa shape index (κ1) is 15.1. The fourth-order valence-electron chi connectivity index (χ4n) is 1.38. The summed E-state index contributed by atoms with van der Waals surface area (Å²) in [4.78, 5) is 11.8. The Labute approximate surface area is 116 Å². The SMILES string of the molecule is C=CCSCCNc1cnn(CCC)c(=O)c1Cl. The molecule has 0 fully saturated rings. The van der Waals surface area contributed by atoms with Gasteiger partial charge in [-0.3, -0.25) is 4.79 Å². The van der Waals surface area contributed by atoms with E-state index in [2.05, 4.69) is 17.0 Å². The Balaban J connectivity index is 2.59. The number of halogens is 1. The fraction of sp³-hybridized carbons (Fsp3) is 0.500. The van der Waals surface area contributed by atoms with Crippen molar-refractivity contribution in [3.8, 4) is 0 Å². The van der Waals surface area contributed by atoms with E-state index in [1.807, 2.05) is 13.0 Å². The van der Waals surface area contributed by atoms with Crippen molar-refractivity contribution in [1.82, 2.24) is 9.78 Å². The number of thioether (sulfide) groups is 1. The van der Waals surface area contributed by atoms with Crippen molar-refractivity contribution >= 4 is 29.1 Å². The normalized spacial score (nSPS) is 10.3. The van der Waals surface area contributed by atoms with Gasteiger partial charge in [0.25, 0.3) is 5.56 Å². The Morgan fingerprint density at radius 1 is 1.67 bits per heavy atom. The molecule has 0 atom stereocenters. The minimum atomic E-state index is -0.234. The first-order valence-corrected chi connectivity index (χ1v) is 7.42. The Bertz CT molecular complexity index is 447. The molecular weight excluding hydrogens is 270 g/mol. The first-order valence-electron chi connectivity index (χ1n) is 5.88. The van der Waals surface area contributed by atoms with Crippen LogP contribution >= 0.6 is 23.4 Å². The van der Waals surface area contributed by atoms with Gasteiger partial charge in [0.05, 0.1) is 11.9 Å². The quantitative estimate of drug-likeness (QED) is 0.590. The van der Waals surface area contributed by atoms with E-state index < -0.39 is 0 Å². The van der Waals surface area contributed by atoms with Crippen LogP contribution in [-0.4, -0.2) is 27.8 Å². The Morgan fingerprint density at radius 3 is 3.11 bits per heavy atom. The molecule has 0 saturated heterocycles. The topological polar surface area (TPSA) is 46.9 Å². The zero-order chi connectivity index (χ0) is 13.4. The molecule has 0 aliphatic carbocycles. The van der Waals surface area contributed by atoms with Gasteiger partial charge in [0, 0.05) is 24.6 Å². The van der Waals surface area contributed by atoms with E-state index in [-0.39, 0.29) is 10.6 Å². The molecule has 1 aromatic heterocycles. The van der Waals surface area contributed by atoms with Crippen LogP contribution in [0.3, 0.4) is 0 Å². The second-order valence-corrected chi connectivity index (χ2v) is 5.22. The number of aromatic nitrogens is 2. The van der Waals surface area contributed by atoms with Crippen molar-refractivity contribution in [2.24, 2.45) is 0 Å². The summed E-state index contributed by atoms with van der Waals surface area (Å²) in [6, 6.07) is 0. The summed E-state index contributed by atoms with van der Waals surface area (Å²) in [5, 5.41) is 7.41. The fourth-order valence-corrected chi connectivity index (χ4v) is 2.18. The summed E-state index contributed by atoms with van der Waals surface area (Å²) < 4.78 is 1.39. The molecule has 1 heterocycles. The molecule has 0 amide bonds. The number of aryl methyl sites for hydroxylation is 1. The van der Waals surface area contributed by atoms with Gasteiger partial charge in [-0.2, -0.15) is 16.9 Å². The highest BCUT2D eigenvalue weighted by Gasteiger charge is 2.07. The molecular formula is C12H18ClN3OS. The van der Waals surface area contributed by atoms with E-state index in [4.69, 9.17) is 11.6 Å². The summed E-state index contributed by atoms with van der Waals surface area (Å²) in [5.41, 5.74) is 0.371. The Morgan fingerprint density at radius 2 is 2.44 bits per heavy atom. The highest BCUT2D eigenvalue weighted by Crippen LogP contribution is 2.15. The maximum atomic E-state index is 11.8. The Kier molecular flexibility index (Phi) is 6.90. The lowest BCUT2D eigenvalue weighted by Gasteiger charge is -2.09. The van der Waals surface area contributed by atoms with E-state index in [1.165, 1.54) is 4.68 Å². The van der Waals surface area contributed by atoms with Crippen LogP contribution in [0.2, 0.25) is 5.02 Å². The second-order valence-electron chi connectivity index (χ2n) is 3.69. The van der Waals surface area contributed by atoms with Gasteiger partial charge in [-0.05, 0) is 6.42 Å². The summed E-state index contributed by atoms with van der Waals surface area (Å²) >= 11 is 7.78. The van der Waals surface area contributed by atoms with Crippen molar-refractivity contribution < 1.29 is 0 Å². The lowest BCUT2D eigenvalue weighted by atomic mass is 10.4. The average Bonchev–Trinajstić information content (AvgIpc) is 2.37. The van der Waals surface area contributed by atoms with Crippen LogP contribution in [-0.2, 0) is 6.54 Å². The van der Waals surface area contributed by atoms with Crippen molar-refractivity contribution in [3.63, 3.8) is 0 Å². The van der Waals surface area contributed by atoms with Crippen LogP contribution in [0.25, 0.3) is 0 Å². The zero-order valence-electron chi connectivity index (χ0n) is 10.5. The molecule has 0 saturated carbocycles. The monoisotopic (exact) mass is 287 g/mol. The van der Waals surface area contributed by atoms with Crippen molar-refractivity contribution in [2.45, 2.75) is 19.9 Å². The minimum Gasteiger partial charge on any atom is -0.382 e. The lowest BCUT2D eigenvalue weighted by molar-refractivity contribution is 0.568. The Hall–Kier alpha value is -0.940. The van der Waals surface area contributed by atoms with Crippen LogP contribution in [0, 0.1) is 0 Å². The molecule has 6 heteroatoms. The zero-order valence-corrected chi connectivity index (χ0v) is 12.1. The number of nitrogens with one attached hydrogen (secondary N) is 1. The largest absolute Gasteiger partial charge is 0.382 e. The summed E-state index contributed by atoms with van der Waals surface area (Å²) in [6.07, 6.45) is 4.33. The second kappa shape index (κ2) is 8.21. The van der Waals surface area contributed by atoms with Crippen molar-refractivity contribution in [3.05, 3.63) is 34.2 Å². The van der Waals surface area contributed by atoms with Gasteiger partial charge in [0.1, 0.15) is 5.02 Å². The van der Waals surface area contributed by atoms with Crippen LogP contribution in [0.4, 0.5) is 5.69 Å². The smallest absolute Gasteiger partial charge is 0.287 e. The molecule has 0 bridgehead atoms. The third kappa shape index (κ3) is 4.38. The number of rotatable bonds is 8. The molecule has 4 nitrogen and oxygen atoms in total. The number of hydrogen-bond donors (Lipinski definition) is 1. The van der Waals surface area contributed by atoms with Crippen molar-refractivity contribution in [2.75, 3.05) is 23.4 Å². The van der Waals surface area contributed by atoms with Crippen LogP contribution in [0.5, 0.6) is 0 Å². The predicted molar refractivity (Wildman–Crippen MR) is 79.8 cm³/mol. The van der Waals surface area contributed by atoms with E-state index in [9.17, 15) is 4.79 Å². The number of nitrogens with zero attached hydrogens (tertiary/aromatic N) is 2. The standard InChI is InChI=1S/C12H18ClN3OS/c1-3-6-16-12(17)11(13)10(9-15-16)14-5-8-18-7-4-2/h4,9,14H,2-3,5-8H2,1H3. The number of anilines is 1. The van der Waals surface area contributed by atoms with Crippen LogP contribution in [0.1, 0.15) is 13.3 Å². The van der Waals surface area contributed by atoms with Crippen LogP contribution < -0.4 is 10.9 Å². The lowest BCUT2D eigenvalue weighted by Crippen LogP contribution is -2.24. The minimum absolute atomic E-state index is 0.215. The molecule has 0 aliphatic heterocycles. The summed E-state index contributed by atoms with van der Waals surface area (Å²) in [6.45, 7) is 6.98. The third-order valence-corrected chi connectivity index (χ3v) is 3.55. The molecule has 0 spiro atoms. The van der Waals surface area contributed by atoms with E-state index in [0.717, 1.165) is 24.5 Å². The molecule has 1 aromatic rings. The van der Waals surface area contributed by atoms with Crippen LogP contribution in [0.15, 0.2) is 23.6 Å². The molecule has 1 rings (SSSR count). The molecule has 1 N–H and O–H groups in total. The van der Waals surface area contributed by atoms with Gasteiger partial charge in [-0.15, -0.1) is 6.58 Å². The van der Waals surface area contributed by atoms with Gasteiger partial charge < -0.3 is 5.32 Å². The van der Waals surface area contributed by atoms with Gasteiger partial charge in [-0.1, -0.05) is 24.6 Å². The molecule has 0 aromatic carbocycles. The molecule has 18 heavy (non-hydrogen) atoms. The number of hydrogen-bond acceptors (Lipinski definition) is 4. The van der Waals surface area contributed by atoms with Gasteiger partial charge in [0.2, 0.25) is 0 Å². The van der Waals surface area contributed by atoms with Gasteiger partial charge in [-0.25, -0.2) is 4.68 Å². The maximum Gasteiger partial charge on any atom is 0.287 e. The summed E-state index contributed by atoms with van der Waals surface area (Å²) in [5.74, 6) is 1.85. The highest BCUT2D eigenvalue weighted by molar-refractivity contribution is 7.99. The van der Waals surface area contributed by atoms with E-state index in [0.29, 0.717) is 12.2 Å². The van der Waals surface area contributed by atoms with Gasteiger partial charge in [0.15, 0.2) is 0 Å². The average molecular weight is 288 g/mol. The van der Waals surface area contributed by atoms with Crippen molar-refractivity contribution in [1.29, 1.82) is 0 Å². The summed E-state index contributed by atoms with van der Waals surface area (Å²) in [7, 11) is 0. The highest BCUT2D eigenvalue weighted by atomic mass is 35.5. The third-order valence-electron chi connectivity index (χ3n) is 2.22. The molecule has 100 valence electrons. The van der Waals surface area contributed by atoms with Gasteiger partial charge >= 0.3 is 0 Å². The molecule has 0 aliphatic rings.